The number of hydrogen-bond donors (Lipinski definition) is 1. The van der Waals surface area contributed by atoms with E-state index in [1.54, 1.807) is 0 Å². The Balaban J connectivity index is 1.40. The highest BCUT2D eigenvalue weighted by Crippen LogP contribution is 2.34. The molecule has 4 aromatic heterocycles. The van der Waals surface area contributed by atoms with Crippen molar-refractivity contribution < 1.29 is 0 Å². The van der Waals surface area contributed by atoms with Crippen molar-refractivity contribution in [1.29, 1.82) is 0 Å². The molecule has 0 fully saturated rings. The quantitative estimate of drug-likeness (QED) is 0.307. The van der Waals surface area contributed by atoms with Crippen molar-refractivity contribution in [2.24, 2.45) is 0 Å². The number of nitrogens with one attached hydrogen (secondary N) is 1. The van der Waals surface area contributed by atoms with Crippen molar-refractivity contribution in [1.82, 2.24) is 40.1 Å². The molecule has 0 saturated heterocycles. The largest absolute Gasteiger partial charge is 0.308 e. The monoisotopic (exact) mass is 500 g/mol. The van der Waals surface area contributed by atoms with Crippen LogP contribution in [-0.2, 0) is 13.0 Å². The zero-order valence-electron chi connectivity index (χ0n) is 21.9. The van der Waals surface area contributed by atoms with Crippen molar-refractivity contribution in [3.05, 3.63) is 95.1 Å². The first-order valence-corrected chi connectivity index (χ1v) is 12.7. The maximum absolute atomic E-state index is 4.89. The smallest absolute Gasteiger partial charge is 0.205 e. The van der Waals surface area contributed by atoms with Gasteiger partial charge in [0.15, 0.2) is 5.65 Å². The van der Waals surface area contributed by atoms with Gasteiger partial charge in [-0.05, 0) is 84.1 Å². The van der Waals surface area contributed by atoms with Crippen molar-refractivity contribution >= 4 is 11.2 Å². The molecule has 6 aromatic rings. The number of H-pyrrole nitrogens is 1. The molecule has 0 saturated carbocycles. The summed E-state index contributed by atoms with van der Waals surface area (Å²) < 4.78 is 2.24. The number of aromatic nitrogens is 8. The molecule has 2 aromatic carbocycles. The average molecular weight is 501 g/mol. The maximum atomic E-state index is 4.89. The molecule has 8 nitrogen and oxygen atoms in total. The molecular weight excluding hydrogens is 472 g/mol. The number of hydrogen-bond acceptors (Lipinski definition) is 6. The molecule has 8 heteroatoms. The van der Waals surface area contributed by atoms with Gasteiger partial charge in [0, 0.05) is 29.4 Å². The highest BCUT2D eigenvalue weighted by molar-refractivity contribution is 5.84. The molecule has 0 aliphatic rings. The standard InChI is InChI=1S/C30H28N8/c1-5-27-33-28-19(3)15-20(4)32-30(28)38(27)17-21-6-8-22(9-7-21)25-16-23(26-14-18(2)12-13-31-26)10-11-24(25)29-34-36-37-35-29/h6-16H,5,17H2,1-4H3,(H,34,35,36,37). The van der Waals surface area contributed by atoms with Gasteiger partial charge in [-0.25, -0.2) is 9.97 Å². The molecule has 188 valence electrons. The second-order valence-electron chi connectivity index (χ2n) is 9.63. The van der Waals surface area contributed by atoms with Crippen LogP contribution in [0.5, 0.6) is 0 Å². The summed E-state index contributed by atoms with van der Waals surface area (Å²) in [6.45, 7) is 9.06. The molecule has 0 aliphatic carbocycles. The summed E-state index contributed by atoms with van der Waals surface area (Å²) in [6, 6.07) is 21.1. The lowest BCUT2D eigenvalue weighted by molar-refractivity contribution is 0.745. The van der Waals surface area contributed by atoms with Crippen LogP contribution in [0.25, 0.3) is 44.9 Å². The highest BCUT2D eigenvalue weighted by Gasteiger charge is 2.16. The summed E-state index contributed by atoms with van der Waals surface area (Å²) in [5.41, 5.74) is 11.4. The Hall–Kier alpha value is -4.72. The molecular formula is C30H28N8. The SMILES string of the molecule is CCc1nc2c(C)cc(C)nc2n1Cc1ccc(-c2cc(-c3cc(C)ccn3)ccc2-c2nn[nH]n2)cc1. The Morgan fingerprint density at radius 1 is 0.842 bits per heavy atom. The molecule has 0 aliphatic heterocycles. The van der Waals surface area contributed by atoms with Crippen LogP contribution < -0.4 is 0 Å². The summed E-state index contributed by atoms with van der Waals surface area (Å²) in [5, 5.41) is 14.8. The van der Waals surface area contributed by atoms with Crippen molar-refractivity contribution in [2.75, 3.05) is 0 Å². The number of nitrogens with zero attached hydrogens (tertiary/aromatic N) is 7. The van der Waals surface area contributed by atoms with Crippen LogP contribution in [-0.4, -0.2) is 40.1 Å². The molecule has 0 bridgehead atoms. The van der Waals surface area contributed by atoms with Gasteiger partial charge < -0.3 is 4.57 Å². The molecule has 1 N–H and O–H groups in total. The van der Waals surface area contributed by atoms with Crippen LogP contribution >= 0.6 is 0 Å². The number of tetrazole rings is 1. The normalized spacial score (nSPS) is 11.4. The number of rotatable bonds is 6. The second-order valence-corrected chi connectivity index (χ2v) is 9.63. The van der Waals surface area contributed by atoms with E-state index >= 15 is 0 Å². The van der Waals surface area contributed by atoms with Gasteiger partial charge >= 0.3 is 0 Å². The van der Waals surface area contributed by atoms with E-state index in [4.69, 9.17) is 9.97 Å². The summed E-state index contributed by atoms with van der Waals surface area (Å²) in [6.07, 6.45) is 2.69. The van der Waals surface area contributed by atoms with Crippen LogP contribution in [0.1, 0.15) is 35.1 Å². The number of aryl methyl sites for hydroxylation is 4. The number of benzene rings is 2. The van der Waals surface area contributed by atoms with Crippen LogP contribution in [0.2, 0.25) is 0 Å². The van der Waals surface area contributed by atoms with Gasteiger partial charge in [0.2, 0.25) is 5.82 Å². The molecule has 38 heavy (non-hydrogen) atoms. The summed E-state index contributed by atoms with van der Waals surface area (Å²) in [4.78, 5) is 14.3. The van der Waals surface area contributed by atoms with Crippen LogP contribution in [0.3, 0.4) is 0 Å². The first-order chi connectivity index (χ1) is 18.5. The Morgan fingerprint density at radius 3 is 2.39 bits per heavy atom. The van der Waals surface area contributed by atoms with Gasteiger partial charge in [0.1, 0.15) is 11.3 Å². The lowest BCUT2D eigenvalue weighted by Gasteiger charge is -2.12. The Kier molecular flexibility index (Phi) is 5.99. The minimum Gasteiger partial charge on any atom is -0.308 e. The molecule has 0 atom stereocenters. The molecule has 4 heterocycles. The minimum atomic E-state index is 0.558. The fourth-order valence-electron chi connectivity index (χ4n) is 4.96. The number of fused-ring (bicyclic) bond motifs is 1. The minimum absolute atomic E-state index is 0.558. The maximum Gasteiger partial charge on any atom is 0.205 e. The third-order valence-electron chi connectivity index (χ3n) is 6.84. The third-order valence-corrected chi connectivity index (χ3v) is 6.84. The van der Waals surface area contributed by atoms with E-state index in [1.165, 1.54) is 11.1 Å². The van der Waals surface area contributed by atoms with E-state index < -0.39 is 0 Å². The average Bonchev–Trinajstić information content (AvgIpc) is 3.58. The van der Waals surface area contributed by atoms with E-state index in [0.29, 0.717) is 12.4 Å². The fraction of sp³-hybridized carbons (Fsp3) is 0.200. The Labute approximate surface area is 220 Å². The molecule has 0 amide bonds. The summed E-state index contributed by atoms with van der Waals surface area (Å²) in [7, 11) is 0. The van der Waals surface area contributed by atoms with Gasteiger partial charge in [-0.2, -0.15) is 5.21 Å². The number of imidazole rings is 1. The zero-order chi connectivity index (χ0) is 26.2. The fourth-order valence-corrected chi connectivity index (χ4v) is 4.96. The zero-order valence-corrected chi connectivity index (χ0v) is 21.9. The van der Waals surface area contributed by atoms with Gasteiger partial charge in [0.25, 0.3) is 0 Å². The van der Waals surface area contributed by atoms with Crippen molar-refractivity contribution in [3.63, 3.8) is 0 Å². The topological polar surface area (TPSA) is 98.1 Å². The van der Waals surface area contributed by atoms with Crippen molar-refractivity contribution in [2.45, 2.75) is 40.7 Å². The second kappa shape index (κ2) is 9.63. The summed E-state index contributed by atoms with van der Waals surface area (Å²) in [5.74, 6) is 1.60. The van der Waals surface area contributed by atoms with E-state index in [2.05, 4.69) is 99.5 Å². The van der Waals surface area contributed by atoms with Gasteiger partial charge in [-0.1, -0.05) is 37.3 Å². The van der Waals surface area contributed by atoms with Crippen LogP contribution in [0.4, 0.5) is 0 Å². The van der Waals surface area contributed by atoms with E-state index in [-0.39, 0.29) is 0 Å². The molecule has 0 unspecified atom stereocenters. The van der Waals surface area contributed by atoms with Gasteiger partial charge in [-0.15, -0.1) is 10.2 Å². The lowest BCUT2D eigenvalue weighted by Crippen LogP contribution is -2.05. The molecule has 6 rings (SSSR count). The molecule has 0 radical (unpaired) electrons. The highest BCUT2D eigenvalue weighted by atomic mass is 15.5. The van der Waals surface area contributed by atoms with Crippen molar-refractivity contribution in [3.8, 4) is 33.8 Å². The molecule has 0 spiro atoms. The Bertz CT molecular complexity index is 1750. The van der Waals surface area contributed by atoms with Gasteiger partial charge in [0.05, 0.1) is 12.2 Å². The third kappa shape index (κ3) is 4.34. The van der Waals surface area contributed by atoms with E-state index in [9.17, 15) is 0 Å². The van der Waals surface area contributed by atoms with E-state index in [1.807, 2.05) is 25.3 Å². The predicted molar refractivity (Wildman–Crippen MR) is 148 cm³/mol. The summed E-state index contributed by atoms with van der Waals surface area (Å²) >= 11 is 0. The number of aromatic amines is 1. The number of pyridine rings is 2. The van der Waals surface area contributed by atoms with E-state index in [0.717, 1.165) is 62.6 Å². The predicted octanol–water partition coefficient (Wildman–Crippen LogP) is 5.88. The lowest BCUT2D eigenvalue weighted by atomic mass is 9.94. The van der Waals surface area contributed by atoms with Gasteiger partial charge in [-0.3, -0.25) is 4.98 Å². The van der Waals surface area contributed by atoms with Crippen LogP contribution in [0, 0.1) is 20.8 Å². The first-order valence-electron chi connectivity index (χ1n) is 12.7. The Morgan fingerprint density at radius 2 is 1.66 bits per heavy atom. The van der Waals surface area contributed by atoms with Crippen LogP contribution in [0.15, 0.2) is 66.9 Å². The first kappa shape index (κ1) is 23.7.